The Morgan fingerprint density at radius 1 is 1.26 bits per heavy atom. The number of nitro benzene ring substituents is 1. The summed E-state index contributed by atoms with van der Waals surface area (Å²) in [6.07, 6.45) is 9.66. The number of carbonyl (C=O) groups excluding carboxylic acids is 1. The summed E-state index contributed by atoms with van der Waals surface area (Å²) in [4.78, 5) is 25.6. The van der Waals surface area contributed by atoms with Crippen LogP contribution in [0.3, 0.4) is 0 Å². The molecule has 0 aromatic heterocycles. The highest BCUT2D eigenvalue weighted by Crippen LogP contribution is 2.46. The Morgan fingerprint density at radius 2 is 1.97 bits per heavy atom. The maximum atomic E-state index is 13.3. The standard InChI is InChI=1S/C24H32N2O5/c1-17(2)8-7-9-18(3)13-14-25-22-12-11-20(26(30)31)16-21(22)24(29,23(25)28)19(4)10-5-6-15-27/h5,8,10-13,16,19,27,29H,6-7,9,14-15H2,1-4H3/b10-5+,18-13+/t19-,24+/m1/s1. The number of amides is 1. The summed E-state index contributed by atoms with van der Waals surface area (Å²) in [7, 11) is 0. The summed E-state index contributed by atoms with van der Waals surface area (Å²) >= 11 is 0. The minimum Gasteiger partial charge on any atom is -0.396 e. The fourth-order valence-corrected chi connectivity index (χ4v) is 3.68. The lowest BCUT2D eigenvalue weighted by atomic mass is 9.82. The van der Waals surface area contributed by atoms with Gasteiger partial charge in [-0.25, -0.2) is 0 Å². The van der Waals surface area contributed by atoms with Crippen molar-refractivity contribution in [3.8, 4) is 0 Å². The van der Waals surface area contributed by atoms with Crippen LogP contribution in [-0.2, 0) is 10.4 Å². The first-order valence-electron chi connectivity index (χ1n) is 10.5. The molecule has 0 saturated heterocycles. The molecule has 0 spiro atoms. The number of benzene rings is 1. The summed E-state index contributed by atoms with van der Waals surface area (Å²) in [5, 5.41) is 31.8. The number of carbonyl (C=O) groups is 1. The molecule has 1 aromatic rings. The first kappa shape index (κ1) is 24.5. The number of aliphatic hydroxyl groups is 2. The van der Waals surface area contributed by atoms with Gasteiger partial charge in [-0.15, -0.1) is 0 Å². The number of hydrogen-bond acceptors (Lipinski definition) is 5. The second-order valence-electron chi connectivity index (χ2n) is 8.24. The predicted octanol–water partition coefficient (Wildman–Crippen LogP) is 4.40. The molecule has 0 radical (unpaired) electrons. The Morgan fingerprint density at radius 3 is 2.58 bits per heavy atom. The number of nitrogens with zero attached hydrogens (tertiary/aromatic N) is 2. The zero-order valence-corrected chi connectivity index (χ0v) is 18.7. The Bertz CT molecular complexity index is 915. The largest absolute Gasteiger partial charge is 0.396 e. The number of fused-ring (bicyclic) bond motifs is 1. The Hall–Kier alpha value is -2.77. The fraction of sp³-hybridized carbons (Fsp3) is 0.458. The summed E-state index contributed by atoms with van der Waals surface area (Å²) in [6.45, 7) is 8.03. The van der Waals surface area contributed by atoms with Crippen molar-refractivity contribution < 1.29 is 19.9 Å². The molecule has 31 heavy (non-hydrogen) atoms. The van der Waals surface area contributed by atoms with E-state index in [1.807, 2.05) is 13.0 Å². The van der Waals surface area contributed by atoms with E-state index in [-0.39, 0.29) is 24.4 Å². The molecule has 1 aliphatic rings. The maximum absolute atomic E-state index is 13.3. The number of hydrogen-bond donors (Lipinski definition) is 2. The first-order chi connectivity index (χ1) is 14.6. The van der Waals surface area contributed by atoms with E-state index in [0.29, 0.717) is 12.1 Å². The third-order valence-corrected chi connectivity index (χ3v) is 5.56. The highest BCUT2D eigenvalue weighted by Gasteiger charge is 2.52. The van der Waals surface area contributed by atoms with Crippen LogP contribution in [0, 0.1) is 16.0 Å². The third kappa shape index (κ3) is 5.48. The average Bonchev–Trinajstić information content (AvgIpc) is 2.93. The van der Waals surface area contributed by atoms with Crippen molar-refractivity contribution in [1.82, 2.24) is 0 Å². The van der Waals surface area contributed by atoms with Gasteiger partial charge in [0.15, 0.2) is 5.60 Å². The van der Waals surface area contributed by atoms with Crippen molar-refractivity contribution in [2.45, 2.75) is 52.6 Å². The van der Waals surface area contributed by atoms with Gasteiger partial charge in [-0.05, 0) is 46.1 Å². The SMILES string of the molecule is CC(C)=CCC/C(C)=C/CN1C(=O)[C@](O)([C@H](C)/C=C/CCO)c2cc([N+](=O)[O-])ccc21. The molecule has 7 nitrogen and oxygen atoms in total. The molecule has 2 N–H and O–H groups in total. The maximum Gasteiger partial charge on any atom is 0.269 e. The number of non-ortho nitro benzene ring substituents is 1. The van der Waals surface area contributed by atoms with E-state index in [4.69, 9.17) is 5.11 Å². The third-order valence-electron chi connectivity index (χ3n) is 5.56. The first-order valence-corrected chi connectivity index (χ1v) is 10.5. The number of nitro groups is 1. The minimum atomic E-state index is -1.91. The van der Waals surface area contributed by atoms with Crippen LogP contribution in [0.1, 0.15) is 52.5 Å². The zero-order chi connectivity index (χ0) is 23.2. The van der Waals surface area contributed by atoms with Crippen LogP contribution in [0.15, 0.2) is 53.6 Å². The van der Waals surface area contributed by atoms with Gasteiger partial charge in [0.1, 0.15) is 0 Å². The highest BCUT2D eigenvalue weighted by atomic mass is 16.6. The molecule has 0 aliphatic carbocycles. The Labute approximate surface area is 183 Å². The van der Waals surface area contributed by atoms with Gasteiger partial charge in [0.2, 0.25) is 0 Å². The number of rotatable bonds is 10. The van der Waals surface area contributed by atoms with Crippen molar-refractivity contribution in [1.29, 1.82) is 0 Å². The van der Waals surface area contributed by atoms with Gasteiger partial charge in [-0.1, -0.05) is 42.4 Å². The van der Waals surface area contributed by atoms with Crippen LogP contribution in [0.25, 0.3) is 0 Å². The van der Waals surface area contributed by atoms with Crippen LogP contribution in [0.4, 0.5) is 11.4 Å². The van der Waals surface area contributed by atoms with Gasteiger partial charge in [-0.2, -0.15) is 0 Å². The summed E-state index contributed by atoms with van der Waals surface area (Å²) in [5.74, 6) is -1.13. The van der Waals surface area contributed by atoms with Crippen LogP contribution in [0.2, 0.25) is 0 Å². The van der Waals surface area contributed by atoms with Crippen LogP contribution in [-0.4, -0.2) is 34.2 Å². The lowest BCUT2D eigenvalue weighted by Crippen LogP contribution is -2.44. The van der Waals surface area contributed by atoms with E-state index < -0.39 is 22.3 Å². The van der Waals surface area contributed by atoms with Crippen molar-refractivity contribution in [3.63, 3.8) is 0 Å². The average molecular weight is 429 g/mol. The molecule has 0 unspecified atom stereocenters. The number of aliphatic hydroxyl groups excluding tert-OH is 1. The molecule has 168 valence electrons. The summed E-state index contributed by atoms with van der Waals surface area (Å²) in [6, 6.07) is 4.16. The van der Waals surface area contributed by atoms with E-state index in [2.05, 4.69) is 19.9 Å². The summed E-state index contributed by atoms with van der Waals surface area (Å²) in [5.41, 5.74) is 1.02. The minimum absolute atomic E-state index is 0.0411. The van der Waals surface area contributed by atoms with Crippen molar-refractivity contribution in [2.75, 3.05) is 18.1 Å². The van der Waals surface area contributed by atoms with Gasteiger partial charge in [0.25, 0.3) is 11.6 Å². The van der Waals surface area contributed by atoms with Crippen LogP contribution in [0.5, 0.6) is 0 Å². The van der Waals surface area contributed by atoms with Crippen LogP contribution < -0.4 is 4.90 Å². The topological polar surface area (TPSA) is 104 Å². The molecule has 2 rings (SSSR count). The van der Waals surface area contributed by atoms with E-state index in [1.165, 1.54) is 28.7 Å². The molecule has 7 heteroatoms. The van der Waals surface area contributed by atoms with E-state index in [1.54, 1.807) is 19.1 Å². The Kier molecular flexibility index (Phi) is 8.30. The fourth-order valence-electron chi connectivity index (χ4n) is 3.68. The number of anilines is 1. The normalized spacial score (nSPS) is 19.6. The van der Waals surface area contributed by atoms with Gasteiger partial charge >= 0.3 is 0 Å². The van der Waals surface area contributed by atoms with Gasteiger partial charge in [-0.3, -0.25) is 14.9 Å². The molecular formula is C24H32N2O5. The molecule has 0 bridgehead atoms. The van der Waals surface area contributed by atoms with Gasteiger partial charge < -0.3 is 15.1 Å². The second kappa shape index (κ2) is 10.5. The van der Waals surface area contributed by atoms with Crippen molar-refractivity contribution >= 4 is 17.3 Å². The molecule has 1 heterocycles. The van der Waals surface area contributed by atoms with E-state index in [9.17, 15) is 20.0 Å². The van der Waals surface area contributed by atoms with Crippen LogP contribution >= 0.6 is 0 Å². The van der Waals surface area contributed by atoms with Gasteiger partial charge in [0.05, 0.1) is 10.6 Å². The number of allylic oxidation sites excluding steroid dienone is 3. The highest BCUT2D eigenvalue weighted by molar-refractivity contribution is 6.07. The Balaban J connectivity index is 2.39. The molecule has 1 aromatic carbocycles. The quantitative estimate of drug-likeness (QED) is 0.327. The zero-order valence-electron chi connectivity index (χ0n) is 18.7. The lowest BCUT2D eigenvalue weighted by molar-refractivity contribution is -0.385. The van der Waals surface area contributed by atoms with E-state index >= 15 is 0 Å². The predicted molar refractivity (Wildman–Crippen MR) is 122 cm³/mol. The molecule has 0 fully saturated rings. The summed E-state index contributed by atoms with van der Waals surface area (Å²) < 4.78 is 0. The molecule has 1 amide bonds. The molecular weight excluding hydrogens is 396 g/mol. The van der Waals surface area contributed by atoms with Crippen molar-refractivity contribution in [3.05, 3.63) is 69.3 Å². The van der Waals surface area contributed by atoms with E-state index in [0.717, 1.165) is 18.4 Å². The van der Waals surface area contributed by atoms with Gasteiger partial charge in [0, 0.05) is 36.8 Å². The molecule has 1 aliphatic heterocycles. The molecule has 2 atom stereocenters. The monoisotopic (exact) mass is 428 g/mol. The smallest absolute Gasteiger partial charge is 0.269 e. The lowest BCUT2D eigenvalue weighted by Gasteiger charge is -2.27. The second-order valence-corrected chi connectivity index (χ2v) is 8.24. The molecule has 0 saturated carbocycles. The van der Waals surface area contributed by atoms with Crippen molar-refractivity contribution in [2.24, 2.45) is 5.92 Å².